The molecule has 0 amide bonds. The fourth-order valence-electron chi connectivity index (χ4n) is 1.63. The number of hydrogen-bond acceptors (Lipinski definition) is 7. The molecule has 0 unspecified atom stereocenters. The van der Waals surface area contributed by atoms with Crippen molar-refractivity contribution in [1.82, 2.24) is 0 Å². The zero-order chi connectivity index (χ0) is 16.7. The van der Waals surface area contributed by atoms with Gasteiger partial charge in [0.2, 0.25) is 0 Å². The number of nitrogens with zero attached hydrogens (tertiary/aromatic N) is 4. The first-order chi connectivity index (χ1) is 11.2. The zero-order valence-electron chi connectivity index (χ0n) is 11.5. The molecule has 0 atom stereocenters. The minimum absolute atomic E-state index is 0.288. The van der Waals surface area contributed by atoms with Gasteiger partial charge in [0.1, 0.15) is 24.3 Å². The summed E-state index contributed by atoms with van der Waals surface area (Å²) in [5.74, 6) is 0. The van der Waals surface area contributed by atoms with Crippen molar-refractivity contribution < 1.29 is 3.63 Å². The van der Waals surface area contributed by atoms with Crippen molar-refractivity contribution in [1.29, 1.82) is 21.0 Å². The van der Waals surface area contributed by atoms with Crippen LogP contribution in [-0.2, 0) is 3.63 Å². The van der Waals surface area contributed by atoms with Crippen LogP contribution in [0.3, 0.4) is 0 Å². The monoisotopic (exact) mass is 334 g/mol. The first-order valence-electron chi connectivity index (χ1n) is 6.11. The van der Waals surface area contributed by atoms with Gasteiger partial charge in [-0.2, -0.15) is 21.0 Å². The van der Waals surface area contributed by atoms with E-state index in [0.29, 0.717) is 20.9 Å². The van der Waals surface area contributed by atoms with Crippen LogP contribution in [0.2, 0.25) is 0 Å². The maximum atomic E-state index is 8.97. The minimum Gasteiger partial charge on any atom is -0.237 e. The molecule has 0 radical (unpaired) electrons. The van der Waals surface area contributed by atoms with Gasteiger partial charge in [-0.3, -0.25) is 0 Å². The van der Waals surface area contributed by atoms with Crippen LogP contribution in [0, 0.1) is 45.3 Å². The average Bonchev–Trinajstić information content (AvgIpc) is 2.61. The molecular weight excluding hydrogens is 328 g/mol. The van der Waals surface area contributed by atoms with E-state index in [4.69, 9.17) is 24.7 Å². The highest BCUT2D eigenvalue weighted by Gasteiger charge is 2.06. The van der Waals surface area contributed by atoms with Crippen LogP contribution in [0.25, 0.3) is 0 Å². The molecule has 0 aliphatic rings. The van der Waals surface area contributed by atoms with E-state index >= 15 is 0 Å². The summed E-state index contributed by atoms with van der Waals surface area (Å²) in [6, 6.07) is 17.4. The van der Waals surface area contributed by atoms with Crippen LogP contribution in [-0.4, -0.2) is 0 Å². The lowest BCUT2D eigenvalue weighted by Gasteiger charge is -2.03. The molecule has 7 heteroatoms. The van der Waals surface area contributed by atoms with E-state index in [2.05, 4.69) is 0 Å². The zero-order valence-corrected chi connectivity index (χ0v) is 13.1. The minimum atomic E-state index is 0.288. The van der Waals surface area contributed by atoms with Gasteiger partial charge in [0.15, 0.2) is 0 Å². The molecule has 0 fully saturated rings. The largest absolute Gasteiger partial charge is 0.237 e. The van der Waals surface area contributed by atoms with E-state index in [9.17, 15) is 0 Å². The molecule has 108 valence electrons. The topological polar surface area (TPSA) is 104 Å². The summed E-state index contributed by atoms with van der Waals surface area (Å²) in [6.45, 7) is 0. The van der Waals surface area contributed by atoms with E-state index in [0.717, 1.165) is 24.1 Å². The highest BCUT2D eigenvalue weighted by Crippen LogP contribution is 2.31. The summed E-state index contributed by atoms with van der Waals surface area (Å²) in [5, 5.41) is 35.7. The van der Waals surface area contributed by atoms with Crippen molar-refractivity contribution in [2.45, 2.75) is 9.79 Å². The summed E-state index contributed by atoms with van der Waals surface area (Å²) in [6.07, 6.45) is 0. The fraction of sp³-hybridized carbons (Fsp3) is 0. The van der Waals surface area contributed by atoms with E-state index in [1.54, 1.807) is 36.4 Å². The van der Waals surface area contributed by atoms with Crippen LogP contribution in [0.5, 0.6) is 0 Å². The van der Waals surface area contributed by atoms with E-state index in [1.807, 2.05) is 24.3 Å². The highest BCUT2D eigenvalue weighted by atomic mass is 32.2. The number of benzene rings is 2. The number of nitriles is 4. The predicted molar refractivity (Wildman–Crippen MR) is 84.5 cm³/mol. The van der Waals surface area contributed by atoms with Gasteiger partial charge in [-0.05, 0) is 36.4 Å². The average molecular weight is 334 g/mol. The van der Waals surface area contributed by atoms with Crippen molar-refractivity contribution >= 4 is 24.1 Å². The molecule has 0 bridgehead atoms. The third kappa shape index (κ3) is 4.04. The second kappa shape index (κ2) is 7.90. The van der Waals surface area contributed by atoms with Crippen molar-refractivity contribution in [2.24, 2.45) is 0 Å². The van der Waals surface area contributed by atoms with Crippen LogP contribution in [0.15, 0.2) is 46.2 Å². The number of rotatable bonds is 4. The Balaban J connectivity index is 2.04. The lowest BCUT2D eigenvalue weighted by molar-refractivity contribution is 0.756. The Bertz CT molecular complexity index is 838. The van der Waals surface area contributed by atoms with Crippen molar-refractivity contribution in [3.05, 3.63) is 58.7 Å². The SMILES string of the molecule is N#Cc1ccc(SOSc2ccc(C#N)c(C#N)c2)cc1C#N. The Morgan fingerprint density at radius 1 is 0.609 bits per heavy atom. The third-order valence-electron chi connectivity index (χ3n) is 2.72. The maximum Gasteiger partial charge on any atom is 0.101 e. The summed E-state index contributed by atoms with van der Waals surface area (Å²) in [4.78, 5) is 1.37. The second-order valence-electron chi connectivity index (χ2n) is 4.10. The molecule has 0 aliphatic carbocycles. The van der Waals surface area contributed by atoms with Crippen LogP contribution < -0.4 is 0 Å². The van der Waals surface area contributed by atoms with E-state index < -0.39 is 0 Å². The van der Waals surface area contributed by atoms with Crippen LogP contribution >= 0.6 is 24.1 Å². The van der Waals surface area contributed by atoms with Crippen molar-refractivity contribution in [3.8, 4) is 24.3 Å². The predicted octanol–water partition coefficient (Wildman–Crippen LogP) is 3.90. The molecule has 0 N–H and O–H groups in total. The summed E-state index contributed by atoms with van der Waals surface area (Å²) < 4.78 is 5.40. The quantitative estimate of drug-likeness (QED) is 0.781. The molecule has 0 heterocycles. The lowest BCUT2D eigenvalue weighted by Crippen LogP contribution is -1.85. The Hall–Kier alpha value is -2.94. The fourth-order valence-corrected chi connectivity index (χ4v) is 2.97. The molecule has 0 aromatic heterocycles. The summed E-state index contributed by atoms with van der Waals surface area (Å²) in [5.41, 5.74) is 1.21. The van der Waals surface area contributed by atoms with Crippen LogP contribution in [0.4, 0.5) is 0 Å². The molecule has 23 heavy (non-hydrogen) atoms. The first-order valence-corrected chi connectivity index (χ1v) is 7.60. The van der Waals surface area contributed by atoms with Gasteiger partial charge in [-0.25, -0.2) is 3.63 Å². The molecule has 5 nitrogen and oxygen atoms in total. The maximum absolute atomic E-state index is 8.97. The van der Waals surface area contributed by atoms with Gasteiger partial charge in [0, 0.05) is 33.9 Å². The van der Waals surface area contributed by atoms with E-state index in [1.165, 1.54) is 0 Å². The molecular formula is C16H6N4OS2. The van der Waals surface area contributed by atoms with E-state index in [-0.39, 0.29) is 11.1 Å². The van der Waals surface area contributed by atoms with Gasteiger partial charge in [0.25, 0.3) is 0 Å². The molecule has 2 aromatic rings. The Morgan fingerprint density at radius 2 is 1.00 bits per heavy atom. The summed E-state index contributed by atoms with van der Waals surface area (Å²) in [7, 11) is 0. The van der Waals surface area contributed by atoms with Gasteiger partial charge in [0.05, 0.1) is 22.3 Å². The first kappa shape index (κ1) is 16.4. The Labute approximate surface area is 141 Å². The van der Waals surface area contributed by atoms with Crippen molar-refractivity contribution in [2.75, 3.05) is 0 Å². The molecule has 0 saturated heterocycles. The van der Waals surface area contributed by atoms with Crippen molar-refractivity contribution in [3.63, 3.8) is 0 Å². The third-order valence-corrected chi connectivity index (χ3v) is 4.16. The molecule has 2 rings (SSSR count). The Kier molecular flexibility index (Phi) is 5.64. The summed E-state index contributed by atoms with van der Waals surface area (Å²) >= 11 is 2.08. The second-order valence-corrected chi connectivity index (χ2v) is 5.92. The molecule has 2 aromatic carbocycles. The normalized spacial score (nSPS) is 9.22. The number of hydrogen-bond donors (Lipinski definition) is 0. The molecule has 0 aliphatic heterocycles. The molecule has 0 spiro atoms. The van der Waals surface area contributed by atoms with Gasteiger partial charge >= 0.3 is 0 Å². The smallest absolute Gasteiger partial charge is 0.101 e. The van der Waals surface area contributed by atoms with Gasteiger partial charge in [-0.15, -0.1) is 0 Å². The Morgan fingerprint density at radius 3 is 1.35 bits per heavy atom. The van der Waals surface area contributed by atoms with Gasteiger partial charge < -0.3 is 0 Å². The lowest BCUT2D eigenvalue weighted by atomic mass is 10.1. The standard InChI is InChI=1S/C16H6N4OS2/c17-7-11-1-3-15(5-13(11)9-19)22-21-23-16-4-2-12(8-18)14(6-16)10-20/h1-6H. The van der Waals surface area contributed by atoms with Gasteiger partial charge in [-0.1, -0.05) is 0 Å². The highest BCUT2D eigenvalue weighted by molar-refractivity contribution is 8.07. The molecule has 0 saturated carbocycles. The van der Waals surface area contributed by atoms with Crippen LogP contribution in [0.1, 0.15) is 22.3 Å².